The molecule has 0 saturated carbocycles. The normalized spacial score (nSPS) is 13.0. The molecule has 0 bridgehead atoms. The van der Waals surface area contributed by atoms with E-state index in [1.165, 1.54) is 36.0 Å². The van der Waals surface area contributed by atoms with Crippen molar-refractivity contribution in [2.24, 2.45) is 5.92 Å². The Hall–Kier alpha value is -0.820. The molecule has 108 valence electrons. The van der Waals surface area contributed by atoms with Gasteiger partial charge in [0, 0.05) is 6.04 Å². The Morgan fingerprint density at radius 1 is 1.05 bits per heavy atom. The molecule has 1 nitrogen and oxygen atoms in total. The highest BCUT2D eigenvalue weighted by Crippen LogP contribution is 2.20. The van der Waals surface area contributed by atoms with Crippen LogP contribution in [0.2, 0.25) is 0 Å². The summed E-state index contributed by atoms with van der Waals surface area (Å²) in [5.74, 6) is 0.768. The van der Waals surface area contributed by atoms with Gasteiger partial charge in [0.15, 0.2) is 0 Å². The molecule has 0 aromatic heterocycles. The van der Waals surface area contributed by atoms with Gasteiger partial charge in [0.1, 0.15) is 0 Å². The van der Waals surface area contributed by atoms with E-state index in [4.69, 9.17) is 0 Å². The van der Waals surface area contributed by atoms with Crippen LogP contribution in [0.4, 0.5) is 0 Å². The van der Waals surface area contributed by atoms with Crippen LogP contribution in [0.3, 0.4) is 0 Å². The average Bonchev–Trinajstić information content (AvgIpc) is 2.26. The Labute approximate surface area is 119 Å². The molecule has 0 aliphatic rings. The van der Waals surface area contributed by atoms with Crippen LogP contribution in [0.1, 0.15) is 55.9 Å². The van der Waals surface area contributed by atoms with Crippen LogP contribution in [0.5, 0.6) is 0 Å². The minimum Gasteiger partial charge on any atom is -0.314 e. The van der Waals surface area contributed by atoms with E-state index in [0.717, 1.165) is 12.5 Å². The first kappa shape index (κ1) is 16.2. The fourth-order valence-corrected chi connectivity index (χ4v) is 3.08. The minimum absolute atomic E-state index is 0.658. The molecule has 1 rings (SSSR count). The molecule has 1 heteroatoms. The first-order valence-corrected chi connectivity index (χ1v) is 7.74. The predicted octanol–water partition coefficient (Wildman–Crippen LogP) is 4.57. The van der Waals surface area contributed by atoms with E-state index in [2.05, 4.69) is 59.0 Å². The number of aryl methyl sites for hydroxylation is 3. The second-order valence-corrected chi connectivity index (χ2v) is 6.30. The van der Waals surface area contributed by atoms with Crippen LogP contribution in [-0.2, 0) is 6.42 Å². The van der Waals surface area contributed by atoms with E-state index in [1.54, 1.807) is 5.56 Å². The number of hydrogen-bond acceptors (Lipinski definition) is 1. The molecular weight excluding hydrogens is 230 g/mol. The van der Waals surface area contributed by atoms with E-state index in [1.807, 2.05) is 0 Å². The van der Waals surface area contributed by atoms with Crippen molar-refractivity contribution in [3.8, 4) is 0 Å². The van der Waals surface area contributed by atoms with Crippen molar-refractivity contribution in [2.45, 2.75) is 66.8 Å². The molecule has 19 heavy (non-hydrogen) atoms. The minimum atomic E-state index is 0.658. The third kappa shape index (κ3) is 5.36. The Bertz CT molecular complexity index is 370. The first-order valence-electron chi connectivity index (χ1n) is 7.74. The highest BCUT2D eigenvalue weighted by atomic mass is 14.9. The Kier molecular flexibility index (Phi) is 6.57. The van der Waals surface area contributed by atoms with E-state index in [0.29, 0.717) is 6.04 Å². The van der Waals surface area contributed by atoms with Crippen molar-refractivity contribution < 1.29 is 0 Å². The number of rotatable bonds is 7. The van der Waals surface area contributed by atoms with E-state index in [-0.39, 0.29) is 0 Å². The molecule has 0 heterocycles. The van der Waals surface area contributed by atoms with Gasteiger partial charge in [0.2, 0.25) is 0 Å². The van der Waals surface area contributed by atoms with Crippen LogP contribution in [0.15, 0.2) is 12.1 Å². The Morgan fingerprint density at radius 2 is 1.63 bits per heavy atom. The lowest BCUT2D eigenvalue weighted by atomic mass is 9.92. The standard InChI is InChI=1S/C18H31N/c1-7-19-17(10-13(2)3)8-9-18-15(5)11-14(4)12-16(18)6/h11-13,17,19H,7-10H2,1-6H3. The van der Waals surface area contributed by atoms with Gasteiger partial charge >= 0.3 is 0 Å². The summed E-state index contributed by atoms with van der Waals surface area (Å²) in [6, 6.07) is 5.28. The van der Waals surface area contributed by atoms with Crippen molar-refractivity contribution in [3.05, 3.63) is 34.4 Å². The molecule has 1 aromatic rings. The summed E-state index contributed by atoms with van der Waals surface area (Å²) in [4.78, 5) is 0. The molecular formula is C18H31N. The lowest BCUT2D eigenvalue weighted by Crippen LogP contribution is -2.30. The molecule has 0 radical (unpaired) electrons. The second-order valence-electron chi connectivity index (χ2n) is 6.30. The summed E-state index contributed by atoms with van der Waals surface area (Å²) in [5, 5.41) is 3.63. The predicted molar refractivity (Wildman–Crippen MR) is 85.9 cm³/mol. The summed E-state index contributed by atoms with van der Waals surface area (Å²) in [5.41, 5.74) is 5.84. The SMILES string of the molecule is CCNC(CCc1c(C)cc(C)cc1C)CC(C)C. The van der Waals surface area contributed by atoms with Gasteiger partial charge in [-0.2, -0.15) is 0 Å². The largest absolute Gasteiger partial charge is 0.314 e. The van der Waals surface area contributed by atoms with Gasteiger partial charge in [-0.15, -0.1) is 0 Å². The van der Waals surface area contributed by atoms with E-state index < -0.39 is 0 Å². The molecule has 0 fully saturated rings. The van der Waals surface area contributed by atoms with Crippen LogP contribution in [0.25, 0.3) is 0 Å². The second kappa shape index (κ2) is 7.69. The summed E-state index contributed by atoms with van der Waals surface area (Å²) in [6.07, 6.45) is 3.72. The third-order valence-corrected chi connectivity index (χ3v) is 3.83. The molecule has 0 amide bonds. The van der Waals surface area contributed by atoms with Crippen LogP contribution >= 0.6 is 0 Å². The summed E-state index contributed by atoms with van der Waals surface area (Å²) < 4.78 is 0. The van der Waals surface area contributed by atoms with Crippen molar-refractivity contribution in [1.82, 2.24) is 5.32 Å². The molecule has 1 atom stereocenters. The maximum atomic E-state index is 3.63. The monoisotopic (exact) mass is 261 g/mol. The molecule has 0 aliphatic heterocycles. The van der Waals surface area contributed by atoms with Crippen LogP contribution < -0.4 is 5.32 Å². The van der Waals surface area contributed by atoms with Crippen molar-refractivity contribution in [3.63, 3.8) is 0 Å². The van der Waals surface area contributed by atoms with Crippen LogP contribution in [-0.4, -0.2) is 12.6 Å². The number of nitrogens with one attached hydrogen (secondary N) is 1. The maximum absolute atomic E-state index is 3.63. The first-order chi connectivity index (χ1) is 8.93. The quantitative estimate of drug-likeness (QED) is 0.758. The zero-order chi connectivity index (χ0) is 14.4. The van der Waals surface area contributed by atoms with Gasteiger partial charge in [0.05, 0.1) is 0 Å². The third-order valence-electron chi connectivity index (χ3n) is 3.83. The molecule has 0 saturated heterocycles. The van der Waals surface area contributed by atoms with Crippen LogP contribution in [0, 0.1) is 26.7 Å². The number of hydrogen-bond donors (Lipinski definition) is 1. The molecule has 0 spiro atoms. The van der Waals surface area contributed by atoms with Gasteiger partial charge in [-0.1, -0.05) is 38.5 Å². The van der Waals surface area contributed by atoms with Gasteiger partial charge in [-0.3, -0.25) is 0 Å². The Morgan fingerprint density at radius 3 is 2.11 bits per heavy atom. The summed E-state index contributed by atoms with van der Waals surface area (Å²) in [7, 11) is 0. The topological polar surface area (TPSA) is 12.0 Å². The molecule has 1 N–H and O–H groups in total. The summed E-state index contributed by atoms with van der Waals surface area (Å²) >= 11 is 0. The molecule has 1 unspecified atom stereocenters. The van der Waals surface area contributed by atoms with Gasteiger partial charge in [-0.05, 0) is 69.2 Å². The fraction of sp³-hybridized carbons (Fsp3) is 0.667. The van der Waals surface area contributed by atoms with Gasteiger partial charge < -0.3 is 5.32 Å². The lowest BCUT2D eigenvalue weighted by Gasteiger charge is -2.21. The van der Waals surface area contributed by atoms with Crippen molar-refractivity contribution in [2.75, 3.05) is 6.54 Å². The van der Waals surface area contributed by atoms with Gasteiger partial charge in [0.25, 0.3) is 0 Å². The highest BCUT2D eigenvalue weighted by Gasteiger charge is 2.11. The van der Waals surface area contributed by atoms with E-state index >= 15 is 0 Å². The highest BCUT2D eigenvalue weighted by molar-refractivity contribution is 5.37. The fourth-order valence-electron chi connectivity index (χ4n) is 3.08. The average molecular weight is 261 g/mol. The van der Waals surface area contributed by atoms with Crippen molar-refractivity contribution >= 4 is 0 Å². The zero-order valence-electron chi connectivity index (χ0n) is 13.6. The molecule has 1 aromatic carbocycles. The lowest BCUT2D eigenvalue weighted by molar-refractivity contribution is 0.405. The van der Waals surface area contributed by atoms with E-state index in [9.17, 15) is 0 Å². The van der Waals surface area contributed by atoms with Gasteiger partial charge in [-0.25, -0.2) is 0 Å². The number of benzene rings is 1. The summed E-state index contributed by atoms with van der Waals surface area (Å²) in [6.45, 7) is 14.6. The Balaban J connectivity index is 2.68. The van der Waals surface area contributed by atoms with Crippen molar-refractivity contribution in [1.29, 1.82) is 0 Å². The maximum Gasteiger partial charge on any atom is 0.00725 e. The smallest absolute Gasteiger partial charge is 0.00725 e. The molecule has 0 aliphatic carbocycles. The zero-order valence-corrected chi connectivity index (χ0v) is 13.6.